The quantitative estimate of drug-likeness (QED) is 0.429. The molecule has 1 aliphatic heterocycles. The summed E-state index contributed by atoms with van der Waals surface area (Å²) in [7, 11) is -3.12. The first-order chi connectivity index (χ1) is 18.8. The van der Waals surface area contributed by atoms with E-state index in [9.17, 15) is 18.0 Å². The van der Waals surface area contributed by atoms with Gasteiger partial charge in [-0.2, -0.15) is 0 Å². The summed E-state index contributed by atoms with van der Waals surface area (Å²) in [6.07, 6.45) is 1.47. The Bertz CT molecular complexity index is 1410. The van der Waals surface area contributed by atoms with Crippen LogP contribution in [0.15, 0.2) is 78.9 Å². The first-order valence-corrected chi connectivity index (χ1v) is 15.4. The molecule has 2 fully saturated rings. The van der Waals surface area contributed by atoms with Crippen LogP contribution in [0.1, 0.15) is 40.2 Å². The van der Waals surface area contributed by atoms with Gasteiger partial charge in [0.1, 0.15) is 6.04 Å². The Morgan fingerprint density at radius 3 is 2.33 bits per heavy atom. The fourth-order valence-electron chi connectivity index (χ4n) is 5.14. The zero-order valence-corrected chi connectivity index (χ0v) is 23.0. The summed E-state index contributed by atoms with van der Waals surface area (Å²) in [5.74, 6) is -0.180. The van der Waals surface area contributed by atoms with Gasteiger partial charge in [0.25, 0.3) is 5.91 Å². The van der Waals surface area contributed by atoms with E-state index >= 15 is 0 Å². The van der Waals surface area contributed by atoms with E-state index in [1.807, 2.05) is 48.5 Å². The highest BCUT2D eigenvalue weighted by Gasteiger charge is 2.38. The summed E-state index contributed by atoms with van der Waals surface area (Å²) in [6, 6.07) is 25.4. The molecule has 3 aromatic rings. The zero-order chi connectivity index (χ0) is 27.4. The Labute approximate surface area is 230 Å². The lowest BCUT2D eigenvalue weighted by atomic mass is 10.0. The van der Waals surface area contributed by atoms with Crippen LogP contribution < -0.4 is 10.6 Å². The van der Waals surface area contributed by atoms with Crippen LogP contribution in [-0.2, 0) is 14.6 Å². The molecule has 5 rings (SSSR count). The maximum atomic E-state index is 13.5. The number of benzene rings is 3. The summed E-state index contributed by atoms with van der Waals surface area (Å²) in [4.78, 5) is 28.3. The van der Waals surface area contributed by atoms with E-state index in [0.29, 0.717) is 30.5 Å². The molecule has 7 nitrogen and oxygen atoms in total. The summed E-state index contributed by atoms with van der Waals surface area (Å²) in [6.45, 7) is 2.96. The van der Waals surface area contributed by atoms with Crippen molar-refractivity contribution in [2.75, 3.05) is 31.1 Å². The van der Waals surface area contributed by atoms with Crippen molar-refractivity contribution in [2.24, 2.45) is 0 Å². The third-order valence-corrected chi connectivity index (χ3v) is 9.24. The molecule has 0 radical (unpaired) electrons. The molecule has 0 bridgehead atoms. The fourth-order valence-corrected chi connectivity index (χ4v) is 6.34. The van der Waals surface area contributed by atoms with Crippen LogP contribution in [0.5, 0.6) is 0 Å². The van der Waals surface area contributed by atoms with E-state index in [1.165, 1.54) is 11.1 Å². The topological polar surface area (TPSA) is 95.6 Å². The summed E-state index contributed by atoms with van der Waals surface area (Å²) >= 11 is 0. The molecule has 0 unspecified atom stereocenters. The molecule has 2 N–H and O–H groups in total. The number of aryl methyl sites for hydroxylation is 1. The van der Waals surface area contributed by atoms with Crippen molar-refractivity contribution in [3.05, 3.63) is 95.6 Å². The molecule has 1 heterocycles. The number of hydrogen-bond acceptors (Lipinski definition) is 5. The van der Waals surface area contributed by atoms with Gasteiger partial charge in [0.05, 0.1) is 11.5 Å². The normalized spacial score (nSPS) is 20.7. The standard InChI is InChI=1S/C31H35N3O4S/c1-22-10-12-24(13-11-22)27-21-29(27)32-15-14-28(31(36)34-16-18-39(37,38)19-17-34)33-30(35)26-9-5-8-25(20-26)23-6-3-2-4-7-23/h2-13,20,27-29,32H,14-19,21H2,1H3,(H,33,35)/t27-,28-,29+/m0/s1. The van der Waals surface area contributed by atoms with Gasteiger partial charge in [-0.15, -0.1) is 0 Å². The van der Waals surface area contributed by atoms with Crippen molar-refractivity contribution in [1.82, 2.24) is 15.5 Å². The Kier molecular flexibility index (Phi) is 8.14. The molecule has 2 amide bonds. The number of nitrogens with zero attached hydrogens (tertiary/aromatic N) is 1. The van der Waals surface area contributed by atoms with Crippen LogP contribution in [0, 0.1) is 6.92 Å². The van der Waals surface area contributed by atoms with E-state index in [4.69, 9.17) is 0 Å². The highest BCUT2D eigenvalue weighted by molar-refractivity contribution is 7.91. The van der Waals surface area contributed by atoms with Crippen LogP contribution in [-0.4, -0.2) is 68.4 Å². The molecule has 0 spiro atoms. The number of amides is 2. The largest absolute Gasteiger partial charge is 0.340 e. The minimum Gasteiger partial charge on any atom is -0.340 e. The zero-order valence-electron chi connectivity index (χ0n) is 22.2. The predicted octanol–water partition coefficient (Wildman–Crippen LogP) is 3.55. The predicted molar refractivity (Wildman–Crippen MR) is 153 cm³/mol. The van der Waals surface area contributed by atoms with Gasteiger partial charge in [-0.05, 0) is 55.1 Å². The Morgan fingerprint density at radius 2 is 1.62 bits per heavy atom. The van der Waals surface area contributed by atoms with Crippen molar-refractivity contribution < 1.29 is 18.0 Å². The first-order valence-electron chi connectivity index (χ1n) is 13.5. The average molecular weight is 546 g/mol. The lowest BCUT2D eigenvalue weighted by Crippen LogP contribution is -2.53. The molecule has 1 aliphatic carbocycles. The summed E-state index contributed by atoms with van der Waals surface area (Å²) in [5, 5.41) is 6.50. The molecule has 39 heavy (non-hydrogen) atoms. The molecule has 2 aliphatic rings. The third-order valence-electron chi connectivity index (χ3n) is 7.63. The second kappa shape index (κ2) is 11.7. The SMILES string of the molecule is Cc1ccc([C@@H]2C[C@H]2NCC[C@H](NC(=O)c2cccc(-c3ccccc3)c2)C(=O)N2CCS(=O)(=O)CC2)cc1. The molecular weight excluding hydrogens is 510 g/mol. The van der Waals surface area contributed by atoms with E-state index < -0.39 is 15.9 Å². The number of sulfone groups is 1. The highest BCUT2D eigenvalue weighted by atomic mass is 32.2. The van der Waals surface area contributed by atoms with Crippen molar-refractivity contribution >= 4 is 21.7 Å². The molecule has 3 atom stereocenters. The van der Waals surface area contributed by atoms with Gasteiger partial charge in [0, 0.05) is 30.6 Å². The van der Waals surface area contributed by atoms with E-state index in [0.717, 1.165) is 17.5 Å². The third kappa shape index (κ3) is 6.94. The average Bonchev–Trinajstić information content (AvgIpc) is 3.72. The van der Waals surface area contributed by atoms with Crippen molar-refractivity contribution in [2.45, 2.75) is 37.8 Å². The van der Waals surface area contributed by atoms with Crippen molar-refractivity contribution in [3.63, 3.8) is 0 Å². The minimum absolute atomic E-state index is 0.0446. The molecule has 8 heteroatoms. The van der Waals surface area contributed by atoms with E-state index in [1.54, 1.807) is 11.0 Å². The molecule has 1 saturated heterocycles. The van der Waals surface area contributed by atoms with Crippen LogP contribution >= 0.6 is 0 Å². The molecule has 3 aromatic carbocycles. The van der Waals surface area contributed by atoms with Gasteiger partial charge < -0.3 is 15.5 Å². The van der Waals surface area contributed by atoms with Gasteiger partial charge in [-0.1, -0.05) is 72.3 Å². The number of carbonyl (C=O) groups excluding carboxylic acids is 2. The molecule has 1 saturated carbocycles. The van der Waals surface area contributed by atoms with Crippen LogP contribution in [0.25, 0.3) is 11.1 Å². The van der Waals surface area contributed by atoms with Gasteiger partial charge >= 0.3 is 0 Å². The van der Waals surface area contributed by atoms with Crippen molar-refractivity contribution in [1.29, 1.82) is 0 Å². The monoisotopic (exact) mass is 545 g/mol. The number of carbonyl (C=O) groups is 2. The van der Waals surface area contributed by atoms with Gasteiger partial charge in [0.15, 0.2) is 9.84 Å². The minimum atomic E-state index is -3.12. The second-order valence-electron chi connectivity index (χ2n) is 10.6. The smallest absolute Gasteiger partial charge is 0.251 e. The van der Waals surface area contributed by atoms with E-state index in [-0.39, 0.29) is 36.4 Å². The number of hydrogen-bond donors (Lipinski definition) is 2. The number of rotatable bonds is 9. The lowest BCUT2D eigenvalue weighted by Gasteiger charge is -2.30. The highest BCUT2D eigenvalue weighted by Crippen LogP contribution is 2.40. The second-order valence-corrected chi connectivity index (χ2v) is 12.9. The maximum Gasteiger partial charge on any atom is 0.251 e. The number of nitrogens with one attached hydrogen (secondary N) is 2. The summed E-state index contributed by atoms with van der Waals surface area (Å²) in [5.41, 5.74) is 4.95. The van der Waals surface area contributed by atoms with Crippen LogP contribution in [0.3, 0.4) is 0 Å². The molecular formula is C31H35N3O4S. The fraction of sp³-hybridized carbons (Fsp3) is 0.355. The van der Waals surface area contributed by atoms with Gasteiger partial charge in [-0.25, -0.2) is 8.42 Å². The first kappa shape index (κ1) is 27.1. The Balaban J connectivity index is 1.24. The van der Waals surface area contributed by atoms with Crippen molar-refractivity contribution in [3.8, 4) is 11.1 Å². The van der Waals surface area contributed by atoms with Crippen LogP contribution in [0.4, 0.5) is 0 Å². The van der Waals surface area contributed by atoms with E-state index in [2.05, 4.69) is 41.8 Å². The van der Waals surface area contributed by atoms with Crippen LogP contribution in [0.2, 0.25) is 0 Å². The summed E-state index contributed by atoms with van der Waals surface area (Å²) < 4.78 is 23.8. The maximum absolute atomic E-state index is 13.5. The lowest BCUT2D eigenvalue weighted by molar-refractivity contribution is -0.133. The van der Waals surface area contributed by atoms with Gasteiger partial charge in [0.2, 0.25) is 5.91 Å². The molecule has 0 aromatic heterocycles. The Morgan fingerprint density at radius 1 is 0.923 bits per heavy atom. The van der Waals surface area contributed by atoms with Gasteiger partial charge in [-0.3, -0.25) is 9.59 Å². The Hall–Kier alpha value is -3.49. The molecule has 204 valence electrons.